The van der Waals surface area contributed by atoms with Crippen LogP contribution in [0.1, 0.15) is 26.2 Å². The fraction of sp³-hybridized carbons (Fsp3) is 0.562. The number of hydrogen-bond donors (Lipinski definition) is 2. The van der Waals surface area contributed by atoms with Gasteiger partial charge in [-0.3, -0.25) is 9.69 Å². The van der Waals surface area contributed by atoms with E-state index in [2.05, 4.69) is 45.0 Å². The van der Waals surface area contributed by atoms with Crippen molar-refractivity contribution in [2.75, 3.05) is 31.5 Å². The summed E-state index contributed by atoms with van der Waals surface area (Å²) >= 11 is 2.25. The van der Waals surface area contributed by atoms with Gasteiger partial charge in [-0.05, 0) is 73.6 Å². The van der Waals surface area contributed by atoms with Crippen molar-refractivity contribution < 1.29 is 4.79 Å². The van der Waals surface area contributed by atoms with Gasteiger partial charge in [-0.2, -0.15) is 0 Å². The van der Waals surface area contributed by atoms with E-state index in [1.54, 1.807) is 0 Å². The first-order valence-corrected chi connectivity index (χ1v) is 8.77. The molecule has 2 N–H and O–H groups in total. The number of nitrogens with one attached hydrogen (secondary N) is 2. The van der Waals surface area contributed by atoms with Gasteiger partial charge < -0.3 is 10.6 Å². The van der Waals surface area contributed by atoms with E-state index in [-0.39, 0.29) is 5.91 Å². The number of halogens is 1. The van der Waals surface area contributed by atoms with Crippen LogP contribution in [0.5, 0.6) is 0 Å². The van der Waals surface area contributed by atoms with Crippen LogP contribution in [0.25, 0.3) is 0 Å². The average molecular weight is 401 g/mol. The molecule has 1 saturated heterocycles. The Morgan fingerprint density at radius 1 is 1.38 bits per heavy atom. The molecule has 0 aliphatic carbocycles. The van der Waals surface area contributed by atoms with E-state index in [4.69, 9.17) is 0 Å². The van der Waals surface area contributed by atoms with Crippen LogP contribution >= 0.6 is 22.6 Å². The summed E-state index contributed by atoms with van der Waals surface area (Å²) in [5.41, 5.74) is 0.907. The lowest BCUT2D eigenvalue weighted by Crippen LogP contribution is -2.46. The van der Waals surface area contributed by atoms with Crippen molar-refractivity contribution in [3.8, 4) is 0 Å². The fourth-order valence-electron chi connectivity index (χ4n) is 2.79. The number of benzene rings is 1. The van der Waals surface area contributed by atoms with Crippen LogP contribution in [-0.4, -0.2) is 43.0 Å². The summed E-state index contributed by atoms with van der Waals surface area (Å²) in [5.74, 6) is 0.0890. The first-order chi connectivity index (χ1) is 10.2. The van der Waals surface area contributed by atoms with E-state index < -0.39 is 0 Å². The van der Waals surface area contributed by atoms with E-state index in [1.807, 2.05) is 24.3 Å². The highest BCUT2D eigenvalue weighted by molar-refractivity contribution is 14.1. The summed E-state index contributed by atoms with van der Waals surface area (Å²) in [6.45, 7) is 5.77. The third kappa shape index (κ3) is 5.23. The number of nitrogens with zero attached hydrogens (tertiary/aromatic N) is 1. The molecular weight excluding hydrogens is 377 g/mol. The third-order valence-corrected chi connectivity index (χ3v) is 4.77. The van der Waals surface area contributed by atoms with Crippen molar-refractivity contribution >= 4 is 34.2 Å². The highest BCUT2D eigenvalue weighted by atomic mass is 127. The molecule has 1 aromatic rings. The van der Waals surface area contributed by atoms with Gasteiger partial charge in [0.2, 0.25) is 5.91 Å². The molecule has 0 unspecified atom stereocenters. The van der Waals surface area contributed by atoms with Crippen LogP contribution in [0.15, 0.2) is 24.3 Å². The zero-order chi connectivity index (χ0) is 15.1. The SMILES string of the molecule is CCCN(CC(=O)Nc1ccccc1I)C1CCNCC1. The highest BCUT2D eigenvalue weighted by Gasteiger charge is 2.22. The van der Waals surface area contributed by atoms with Gasteiger partial charge in [0.15, 0.2) is 0 Å². The molecule has 5 heteroatoms. The minimum absolute atomic E-state index is 0.0890. The zero-order valence-electron chi connectivity index (χ0n) is 12.6. The molecule has 116 valence electrons. The second-order valence-electron chi connectivity index (χ2n) is 5.48. The number of piperidine rings is 1. The molecule has 2 rings (SSSR count). The van der Waals surface area contributed by atoms with Crippen molar-refractivity contribution in [2.24, 2.45) is 0 Å². The van der Waals surface area contributed by atoms with Crippen LogP contribution in [0, 0.1) is 3.57 Å². The number of rotatable bonds is 6. The van der Waals surface area contributed by atoms with E-state index >= 15 is 0 Å². The fourth-order valence-corrected chi connectivity index (χ4v) is 3.31. The van der Waals surface area contributed by atoms with Crippen LogP contribution in [0.3, 0.4) is 0 Å². The Hall–Kier alpha value is -0.660. The van der Waals surface area contributed by atoms with Gasteiger partial charge >= 0.3 is 0 Å². The molecule has 1 aromatic carbocycles. The predicted octanol–water partition coefficient (Wildman–Crippen LogP) is 2.69. The van der Waals surface area contributed by atoms with E-state index in [0.29, 0.717) is 12.6 Å². The van der Waals surface area contributed by atoms with Gasteiger partial charge in [0.05, 0.1) is 12.2 Å². The largest absolute Gasteiger partial charge is 0.324 e. The highest BCUT2D eigenvalue weighted by Crippen LogP contribution is 2.17. The van der Waals surface area contributed by atoms with Gasteiger partial charge in [0.25, 0.3) is 0 Å². The Labute approximate surface area is 140 Å². The Morgan fingerprint density at radius 2 is 2.10 bits per heavy atom. The summed E-state index contributed by atoms with van der Waals surface area (Å²) in [6, 6.07) is 8.43. The van der Waals surface area contributed by atoms with Gasteiger partial charge in [0, 0.05) is 9.61 Å². The first-order valence-electron chi connectivity index (χ1n) is 7.70. The van der Waals surface area contributed by atoms with Crippen LogP contribution in [0.4, 0.5) is 5.69 Å². The van der Waals surface area contributed by atoms with Gasteiger partial charge in [-0.1, -0.05) is 19.1 Å². The smallest absolute Gasteiger partial charge is 0.238 e. The van der Waals surface area contributed by atoms with E-state index in [1.165, 1.54) is 0 Å². The first kappa shape index (κ1) is 16.7. The molecule has 0 aromatic heterocycles. The lowest BCUT2D eigenvalue weighted by atomic mass is 10.0. The normalized spacial score (nSPS) is 16.1. The Balaban J connectivity index is 1.93. The Kier molecular flexibility index (Phi) is 6.92. The van der Waals surface area contributed by atoms with Crippen molar-refractivity contribution in [1.29, 1.82) is 0 Å². The second-order valence-corrected chi connectivity index (χ2v) is 6.64. The van der Waals surface area contributed by atoms with Crippen molar-refractivity contribution in [2.45, 2.75) is 32.2 Å². The molecule has 21 heavy (non-hydrogen) atoms. The maximum Gasteiger partial charge on any atom is 0.238 e. The minimum atomic E-state index is 0.0890. The number of carbonyl (C=O) groups is 1. The molecule has 0 atom stereocenters. The number of carbonyl (C=O) groups excluding carboxylic acids is 1. The van der Waals surface area contributed by atoms with Crippen LogP contribution < -0.4 is 10.6 Å². The summed E-state index contributed by atoms with van der Waals surface area (Å²) in [6.07, 6.45) is 3.35. The Morgan fingerprint density at radius 3 is 2.76 bits per heavy atom. The standard InChI is InChI=1S/C16H24IN3O/c1-2-11-20(13-7-9-18-10-8-13)12-16(21)19-15-6-4-3-5-14(15)17/h3-6,13,18H,2,7-12H2,1H3,(H,19,21). The minimum Gasteiger partial charge on any atom is -0.324 e. The topological polar surface area (TPSA) is 44.4 Å². The van der Waals surface area contributed by atoms with Crippen LogP contribution in [0.2, 0.25) is 0 Å². The molecule has 0 bridgehead atoms. The number of para-hydroxylation sites is 1. The average Bonchev–Trinajstić information content (AvgIpc) is 2.50. The number of amides is 1. The third-order valence-electron chi connectivity index (χ3n) is 3.83. The van der Waals surface area contributed by atoms with E-state index in [0.717, 1.165) is 48.2 Å². The number of anilines is 1. The summed E-state index contributed by atoms with van der Waals surface area (Å²) in [7, 11) is 0. The molecule has 0 saturated carbocycles. The maximum absolute atomic E-state index is 12.3. The molecule has 4 nitrogen and oxygen atoms in total. The van der Waals surface area contributed by atoms with E-state index in [9.17, 15) is 4.79 Å². The summed E-state index contributed by atoms with van der Waals surface area (Å²) < 4.78 is 1.08. The van der Waals surface area contributed by atoms with Crippen molar-refractivity contribution in [3.05, 3.63) is 27.8 Å². The van der Waals surface area contributed by atoms with Gasteiger partial charge in [-0.25, -0.2) is 0 Å². The zero-order valence-corrected chi connectivity index (χ0v) is 14.7. The molecule has 0 spiro atoms. The maximum atomic E-state index is 12.3. The Bertz CT molecular complexity index is 461. The van der Waals surface area contributed by atoms with Crippen molar-refractivity contribution in [1.82, 2.24) is 10.2 Å². The van der Waals surface area contributed by atoms with Gasteiger partial charge in [-0.15, -0.1) is 0 Å². The molecule has 1 aliphatic rings. The quantitative estimate of drug-likeness (QED) is 0.721. The van der Waals surface area contributed by atoms with Gasteiger partial charge in [0.1, 0.15) is 0 Å². The lowest BCUT2D eigenvalue weighted by molar-refractivity contribution is -0.118. The molecule has 1 amide bonds. The molecule has 1 heterocycles. The van der Waals surface area contributed by atoms with Crippen molar-refractivity contribution in [3.63, 3.8) is 0 Å². The molecular formula is C16H24IN3O. The lowest BCUT2D eigenvalue weighted by Gasteiger charge is -2.34. The molecule has 1 fully saturated rings. The molecule has 0 radical (unpaired) electrons. The second kappa shape index (κ2) is 8.70. The number of hydrogen-bond acceptors (Lipinski definition) is 3. The van der Waals surface area contributed by atoms with Crippen LogP contribution in [-0.2, 0) is 4.79 Å². The summed E-state index contributed by atoms with van der Waals surface area (Å²) in [5, 5.41) is 6.42. The summed E-state index contributed by atoms with van der Waals surface area (Å²) in [4.78, 5) is 14.7. The molecule has 1 aliphatic heterocycles. The monoisotopic (exact) mass is 401 g/mol. The predicted molar refractivity (Wildman–Crippen MR) is 95.5 cm³/mol.